The number of nitrogens with one attached hydrogen (secondary N) is 1. The van der Waals surface area contributed by atoms with Crippen LogP contribution >= 0.6 is 11.3 Å². The first kappa shape index (κ1) is 22.4. The van der Waals surface area contributed by atoms with Gasteiger partial charge in [-0.1, -0.05) is 41.2 Å². The minimum atomic E-state index is -0.623. The number of carbonyl (C=O) groups excluding carboxylic acids is 3. The molecule has 170 valence electrons. The Morgan fingerprint density at radius 2 is 1.91 bits per heavy atom. The van der Waals surface area contributed by atoms with E-state index in [1.165, 1.54) is 4.90 Å². The Bertz CT molecular complexity index is 1180. The van der Waals surface area contributed by atoms with Gasteiger partial charge in [-0.25, -0.2) is 0 Å². The molecule has 0 unspecified atom stereocenters. The molecule has 0 radical (unpaired) electrons. The number of benzene rings is 2. The highest BCUT2D eigenvalue weighted by atomic mass is 32.1. The number of aromatic nitrogens is 2. The van der Waals surface area contributed by atoms with Crippen molar-refractivity contribution >= 4 is 40.5 Å². The Morgan fingerprint density at radius 3 is 2.70 bits per heavy atom. The molecule has 33 heavy (non-hydrogen) atoms. The summed E-state index contributed by atoms with van der Waals surface area (Å²) >= 11 is 1.05. The number of aryl methyl sites for hydroxylation is 1. The normalized spacial score (nSPS) is 14.9. The zero-order valence-corrected chi connectivity index (χ0v) is 18.9. The molecule has 1 aromatic heterocycles. The standard InChI is InChI=1S/C23H22N4O5S/c1-14-7-9-16(10-8-14)24-21(29)22-26-25-19(33-22)13-31-20(28)11-12-27-17-5-3-4-6-18(17)32-15(2)23(27)30/h3-10,15H,11-13H2,1-2H3,(H,24,29)/t15-/m1/s1. The SMILES string of the molecule is Cc1ccc(NC(=O)c2nnc(COC(=O)CCN3C(=O)[C@@H](C)Oc4ccccc43)s2)cc1. The number of amides is 2. The van der Waals surface area contributed by atoms with Gasteiger partial charge in [0, 0.05) is 12.2 Å². The second-order valence-electron chi connectivity index (χ2n) is 7.45. The first-order valence-electron chi connectivity index (χ1n) is 10.3. The average molecular weight is 467 g/mol. The highest BCUT2D eigenvalue weighted by molar-refractivity contribution is 7.13. The van der Waals surface area contributed by atoms with E-state index in [1.54, 1.807) is 37.3 Å². The van der Waals surface area contributed by atoms with Gasteiger partial charge in [0.15, 0.2) is 11.1 Å². The van der Waals surface area contributed by atoms with E-state index in [4.69, 9.17) is 9.47 Å². The summed E-state index contributed by atoms with van der Waals surface area (Å²) in [6.07, 6.45) is -0.617. The largest absolute Gasteiger partial charge is 0.479 e. The number of para-hydroxylation sites is 2. The summed E-state index contributed by atoms with van der Waals surface area (Å²) in [6.45, 7) is 3.70. The summed E-state index contributed by atoms with van der Waals surface area (Å²) in [5.41, 5.74) is 2.37. The molecule has 1 atom stereocenters. The zero-order chi connectivity index (χ0) is 23.4. The minimum Gasteiger partial charge on any atom is -0.479 e. The third kappa shape index (κ3) is 5.35. The molecule has 3 aromatic rings. The topological polar surface area (TPSA) is 111 Å². The number of ether oxygens (including phenoxy) is 2. The van der Waals surface area contributed by atoms with Crippen LogP contribution in [0.3, 0.4) is 0 Å². The van der Waals surface area contributed by atoms with Crippen molar-refractivity contribution in [2.45, 2.75) is 33.0 Å². The molecule has 0 bridgehead atoms. The number of anilines is 2. The lowest BCUT2D eigenvalue weighted by Gasteiger charge is -2.32. The fourth-order valence-corrected chi connectivity index (χ4v) is 3.88. The van der Waals surface area contributed by atoms with E-state index in [9.17, 15) is 14.4 Å². The molecule has 1 aliphatic rings. The number of hydrogen-bond acceptors (Lipinski definition) is 8. The maximum Gasteiger partial charge on any atom is 0.308 e. The van der Waals surface area contributed by atoms with Gasteiger partial charge < -0.3 is 19.7 Å². The highest BCUT2D eigenvalue weighted by Gasteiger charge is 2.31. The van der Waals surface area contributed by atoms with Gasteiger partial charge in [-0.05, 0) is 38.1 Å². The summed E-state index contributed by atoms with van der Waals surface area (Å²) in [5.74, 6) is -0.481. The molecule has 2 heterocycles. The Hall–Kier alpha value is -3.79. The maximum atomic E-state index is 12.5. The lowest BCUT2D eigenvalue weighted by molar-refractivity contribution is -0.144. The van der Waals surface area contributed by atoms with Crippen molar-refractivity contribution in [3.8, 4) is 5.75 Å². The third-order valence-electron chi connectivity index (χ3n) is 4.94. The fourth-order valence-electron chi connectivity index (χ4n) is 3.23. The molecular formula is C23H22N4O5S. The molecule has 1 aliphatic heterocycles. The summed E-state index contributed by atoms with van der Waals surface area (Å²) in [4.78, 5) is 38.6. The molecule has 0 spiro atoms. The van der Waals surface area contributed by atoms with Gasteiger partial charge in [0.05, 0.1) is 12.1 Å². The lowest BCUT2D eigenvalue weighted by Crippen LogP contribution is -2.45. The van der Waals surface area contributed by atoms with Crippen LogP contribution in [0.1, 0.15) is 33.7 Å². The van der Waals surface area contributed by atoms with Gasteiger partial charge in [-0.2, -0.15) is 0 Å². The molecule has 4 rings (SSSR count). The monoisotopic (exact) mass is 466 g/mol. The maximum absolute atomic E-state index is 12.5. The van der Waals surface area contributed by atoms with Gasteiger partial charge in [0.25, 0.3) is 11.8 Å². The van der Waals surface area contributed by atoms with E-state index in [-0.39, 0.29) is 36.4 Å². The Labute approximate surface area is 194 Å². The van der Waals surface area contributed by atoms with E-state index in [0.29, 0.717) is 22.1 Å². The summed E-state index contributed by atoms with van der Waals surface area (Å²) in [5, 5.41) is 11.1. The molecule has 9 nitrogen and oxygen atoms in total. The Kier molecular flexibility index (Phi) is 6.64. The smallest absolute Gasteiger partial charge is 0.308 e. The van der Waals surface area contributed by atoms with Crippen LogP contribution in [-0.4, -0.2) is 40.6 Å². The second kappa shape index (κ2) is 9.78. The minimum absolute atomic E-state index is 0.00631. The van der Waals surface area contributed by atoms with Crippen LogP contribution < -0.4 is 15.0 Å². The molecule has 0 saturated carbocycles. The Morgan fingerprint density at radius 1 is 1.15 bits per heavy atom. The van der Waals surface area contributed by atoms with Crippen LogP contribution in [0.4, 0.5) is 11.4 Å². The molecule has 0 fully saturated rings. The fraction of sp³-hybridized carbons (Fsp3) is 0.261. The molecule has 2 amide bonds. The van der Waals surface area contributed by atoms with Gasteiger partial charge in [-0.3, -0.25) is 14.4 Å². The number of carbonyl (C=O) groups is 3. The highest BCUT2D eigenvalue weighted by Crippen LogP contribution is 2.33. The van der Waals surface area contributed by atoms with Crippen molar-refractivity contribution in [3.63, 3.8) is 0 Å². The van der Waals surface area contributed by atoms with Crippen LogP contribution in [-0.2, 0) is 20.9 Å². The molecular weight excluding hydrogens is 444 g/mol. The molecule has 2 aromatic carbocycles. The Balaban J connectivity index is 1.28. The number of fused-ring (bicyclic) bond motifs is 1. The van der Waals surface area contributed by atoms with E-state index in [0.717, 1.165) is 16.9 Å². The lowest BCUT2D eigenvalue weighted by atomic mass is 10.2. The van der Waals surface area contributed by atoms with E-state index in [2.05, 4.69) is 15.5 Å². The summed E-state index contributed by atoms with van der Waals surface area (Å²) < 4.78 is 10.9. The number of nitrogens with zero attached hydrogens (tertiary/aromatic N) is 3. The first-order valence-corrected chi connectivity index (χ1v) is 11.2. The predicted octanol–water partition coefficient (Wildman–Crippen LogP) is 3.35. The molecule has 1 N–H and O–H groups in total. The van der Waals surface area contributed by atoms with Crippen LogP contribution in [0.2, 0.25) is 0 Å². The molecule has 0 aliphatic carbocycles. The van der Waals surface area contributed by atoms with Crippen LogP contribution in [0.15, 0.2) is 48.5 Å². The van der Waals surface area contributed by atoms with Crippen LogP contribution in [0, 0.1) is 6.92 Å². The molecule has 0 saturated heterocycles. The van der Waals surface area contributed by atoms with Crippen molar-refractivity contribution in [1.82, 2.24) is 10.2 Å². The quantitative estimate of drug-likeness (QED) is 0.532. The van der Waals surface area contributed by atoms with Crippen molar-refractivity contribution in [2.75, 3.05) is 16.8 Å². The van der Waals surface area contributed by atoms with Gasteiger partial charge in [0.2, 0.25) is 5.01 Å². The van der Waals surface area contributed by atoms with Gasteiger partial charge in [-0.15, -0.1) is 10.2 Å². The second-order valence-corrected chi connectivity index (χ2v) is 8.51. The van der Waals surface area contributed by atoms with E-state index in [1.807, 2.05) is 25.1 Å². The summed E-state index contributed by atoms with van der Waals surface area (Å²) in [6, 6.07) is 14.6. The first-order chi connectivity index (χ1) is 15.9. The van der Waals surface area contributed by atoms with Crippen LogP contribution in [0.25, 0.3) is 0 Å². The van der Waals surface area contributed by atoms with Crippen molar-refractivity contribution in [3.05, 3.63) is 64.1 Å². The number of hydrogen-bond donors (Lipinski definition) is 1. The summed E-state index contributed by atoms with van der Waals surface area (Å²) in [7, 11) is 0. The van der Waals surface area contributed by atoms with E-state index >= 15 is 0 Å². The van der Waals surface area contributed by atoms with Gasteiger partial charge in [0.1, 0.15) is 12.4 Å². The number of rotatable bonds is 7. The van der Waals surface area contributed by atoms with Crippen molar-refractivity contribution < 1.29 is 23.9 Å². The predicted molar refractivity (Wildman–Crippen MR) is 122 cm³/mol. The average Bonchev–Trinajstić information content (AvgIpc) is 3.29. The van der Waals surface area contributed by atoms with E-state index < -0.39 is 12.1 Å². The number of esters is 1. The van der Waals surface area contributed by atoms with Gasteiger partial charge >= 0.3 is 5.97 Å². The molecule has 10 heteroatoms. The third-order valence-corrected chi connectivity index (χ3v) is 5.84. The van der Waals surface area contributed by atoms with Crippen molar-refractivity contribution in [2.24, 2.45) is 0 Å². The zero-order valence-electron chi connectivity index (χ0n) is 18.1. The van der Waals surface area contributed by atoms with Crippen LogP contribution in [0.5, 0.6) is 5.75 Å². The van der Waals surface area contributed by atoms with Crippen molar-refractivity contribution in [1.29, 1.82) is 0 Å².